The van der Waals surface area contributed by atoms with Crippen LogP contribution in [0.3, 0.4) is 0 Å². The van der Waals surface area contributed by atoms with Crippen molar-refractivity contribution in [2.75, 3.05) is 47.9 Å². The summed E-state index contributed by atoms with van der Waals surface area (Å²) in [6, 6.07) is 5.29. The Morgan fingerprint density at radius 3 is 2.92 bits per heavy atom. The monoisotopic (exact) mass is 336 g/mol. The van der Waals surface area contributed by atoms with E-state index in [-0.39, 0.29) is 5.82 Å². The molecule has 6 heteroatoms. The predicted octanol–water partition coefficient (Wildman–Crippen LogP) is 1.93. The molecule has 1 aliphatic rings. The fourth-order valence-corrected chi connectivity index (χ4v) is 3.11. The summed E-state index contributed by atoms with van der Waals surface area (Å²) < 4.78 is 19.1. The third-order valence-corrected chi connectivity index (χ3v) is 4.25. The number of ether oxygens (including phenoxy) is 1. The third kappa shape index (κ3) is 5.18. The molecule has 1 fully saturated rings. The van der Waals surface area contributed by atoms with Crippen molar-refractivity contribution in [3.63, 3.8) is 0 Å². The fraction of sp³-hybridized carbons (Fsp3) is 0.611. The van der Waals surface area contributed by atoms with Crippen LogP contribution in [0, 0.1) is 11.7 Å². The average molecular weight is 336 g/mol. The van der Waals surface area contributed by atoms with Crippen LogP contribution >= 0.6 is 0 Å². The lowest BCUT2D eigenvalue weighted by Gasteiger charge is -2.22. The number of halogens is 1. The van der Waals surface area contributed by atoms with Crippen LogP contribution in [0.15, 0.2) is 23.2 Å². The Hall–Kier alpha value is -1.66. The standard InChI is InChI=1S/C18H29FN4O/c1-20-18(23-8-7-15(11-23)13-24-4)21-10-14-5-6-17(19)16(9-14)12-22(2)3/h5-6,9,15H,7-8,10-13H2,1-4H3,(H,20,21). The highest BCUT2D eigenvalue weighted by atomic mass is 19.1. The van der Waals surface area contributed by atoms with E-state index < -0.39 is 0 Å². The lowest BCUT2D eigenvalue weighted by molar-refractivity contribution is 0.157. The molecule has 1 aromatic rings. The molecule has 2 rings (SSSR count). The second-order valence-electron chi connectivity index (χ2n) is 6.62. The van der Waals surface area contributed by atoms with E-state index in [1.54, 1.807) is 20.2 Å². The summed E-state index contributed by atoms with van der Waals surface area (Å²) in [5.74, 6) is 1.30. The molecule has 0 amide bonds. The highest BCUT2D eigenvalue weighted by Gasteiger charge is 2.24. The normalized spacial score (nSPS) is 18.5. The van der Waals surface area contributed by atoms with Crippen LogP contribution in [0.5, 0.6) is 0 Å². The number of hydrogen-bond acceptors (Lipinski definition) is 3. The molecule has 0 aliphatic carbocycles. The Balaban J connectivity index is 1.94. The number of aliphatic imine (C=N–C) groups is 1. The highest BCUT2D eigenvalue weighted by Crippen LogP contribution is 2.17. The van der Waals surface area contributed by atoms with Crippen LogP contribution in [0.4, 0.5) is 4.39 Å². The summed E-state index contributed by atoms with van der Waals surface area (Å²) in [7, 11) is 7.43. The molecule has 1 atom stereocenters. The number of nitrogens with zero attached hydrogens (tertiary/aromatic N) is 3. The Morgan fingerprint density at radius 2 is 2.25 bits per heavy atom. The highest BCUT2D eigenvalue weighted by molar-refractivity contribution is 5.80. The first kappa shape index (κ1) is 18.7. The van der Waals surface area contributed by atoms with E-state index in [9.17, 15) is 4.39 Å². The quantitative estimate of drug-likeness (QED) is 0.637. The molecular formula is C18H29FN4O. The maximum atomic E-state index is 13.9. The van der Waals surface area contributed by atoms with Crippen LogP contribution in [-0.2, 0) is 17.8 Å². The first-order valence-electron chi connectivity index (χ1n) is 8.40. The van der Waals surface area contributed by atoms with E-state index >= 15 is 0 Å². The van der Waals surface area contributed by atoms with E-state index in [1.165, 1.54) is 0 Å². The van der Waals surface area contributed by atoms with E-state index in [0.29, 0.717) is 19.0 Å². The van der Waals surface area contributed by atoms with Crippen molar-refractivity contribution in [1.29, 1.82) is 0 Å². The molecule has 1 N–H and O–H groups in total. The molecule has 1 aromatic carbocycles. The number of hydrogen-bond donors (Lipinski definition) is 1. The van der Waals surface area contributed by atoms with Crippen molar-refractivity contribution in [2.45, 2.75) is 19.5 Å². The maximum absolute atomic E-state index is 13.9. The first-order chi connectivity index (χ1) is 11.5. The third-order valence-electron chi connectivity index (χ3n) is 4.25. The Labute approximate surface area is 144 Å². The van der Waals surface area contributed by atoms with Gasteiger partial charge in [-0.1, -0.05) is 6.07 Å². The molecular weight excluding hydrogens is 307 g/mol. The van der Waals surface area contributed by atoms with E-state index in [1.807, 2.05) is 31.1 Å². The molecule has 134 valence electrons. The minimum absolute atomic E-state index is 0.154. The molecule has 0 saturated carbocycles. The molecule has 0 spiro atoms. The number of benzene rings is 1. The molecule has 1 heterocycles. The molecule has 24 heavy (non-hydrogen) atoms. The van der Waals surface area contributed by atoms with Gasteiger partial charge in [0, 0.05) is 51.8 Å². The van der Waals surface area contributed by atoms with Gasteiger partial charge in [0.25, 0.3) is 0 Å². The number of nitrogens with one attached hydrogen (secondary N) is 1. The molecule has 0 radical (unpaired) electrons. The number of methoxy groups -OCH3 is 1. The number of likely N-dealkylation sites (tertiary alicyclic amines) is 1. The van der Waals surface area contributed by atoms with Gasteiger partial charge in [0.05, 0.1) is 6.61 Å². The van der Waals surface area contributed by atoms with Crippen LogP contribution in [0.25, 0.3) is 0 Å². The summed E-state index contributed by atoms with van der Waals surface area (Å²) in [5.41, 5.74) is 1.78. The first-order valence-corrected chi connectivity index (χ1v) is 8.40. The number of rotatable bonds is 6. The largest absolute Gasteiger partial charge is 0.384 e. The van der Waals surface area contributed by atoms with Crippen LogP contribution in [-0.4, -0.2) is 63.7 Å². The van der Waals surface area contributed by atoms with Gasteiger partial charge in [-0.2, -0.15) is 0 Å². The average Bonchev–Trinajstić information content (AvgIpc) is 2.99. The summed E-state index contributed by atoms with van der Waals surface area (Å²) in [5, 5.41) is 3.39. The Morgan fingerprint density at radius 1 is 1.46 bits per heavy atom. The lowest BCUT2D eigenvalue weighted by Crippen LogP contribution is -2.39. The van der Waals surface area contributed by atoms with Crippen LogP contribution in [0.1, 0.15) is 17.5 Å². The Kier molecular flexibility index (Phi) is 6.99. The van der Waals surface area contributed by atoms with Gasteiger partial charge in [-0.3, -0.25) is 4.99 Å². The number of guanidine groups is 1. The van der Waals surface area contributed by atoms with Gasteiger partial charge < -0.3 is 19.9 Å². The van der Waals surface area contributed by atoms with Gasteiger partial charge in [-0.05, 0) is 38.2 Å². The minimum atomic E-state index is -0.154. The van der Waals surface area contributed by atoms with Crippen LogP contribution < -0.4 is 5.32 Å². The zero-order chi connectivity index (χ0) is 17.5. The van der Waals surface area contributed by atoms with Gasteiger partial charge >= 0.3 is 0 Å². The second-order valence-corrected chi connectivity index (χ2v) is 6.62. The SMILES string of the molecule is CN=C(NCc1ccc(F)c(CN(C)C)c1)N1CCC(COC)C1. The van der Waals surface area contributed by atoms with Gasteiger partial charge in [-0.25, -0.2) is 4.39 Å². The van der Waals surface area contributed by atoms with Gasteiger partial charge in [-0.15, -0.1) is 0 Å². The molecule has 0 bridgehead atoms. The summed E-state index contributed by atoms with van der Waals surface area (Å²) >= 11 is 0. The lowest BCUT2D eigenvalue weighted by atomic mass is 10.1. The molecule has 0 aromatic heterocycles. The van der Waals surface area contributed by atoms with Crippen molar-refractivity contribution < 1.29 is 9.13 Å². The zero-order valence-corrected chi connectivity index (χ0v) is 15.2. The molecule has 1 saturated heterocycles. The smallest absolute Gasteiger partial charge is 0.193 e. The zero-order valence-electron chi connectivity index (χ0n) is 15.2. The van der Waals surface area contributed by atoms with Crippen LogP contribution in [0.2, 0.25) is 0 Å². The van der Waals surface area contributed by atoms with E-state index in [2.05, 4.69) is 15.2 Å². The second kappa shape index (κ2) is 8.99. The molecule has 1 unspecified atom stereocenters. The van der Waals surface area contributed by atoms with Crippen molar-refractivity contribution in [1.82, 2.24) is 15.1 Å². The summed E-state index contributed by atoms with van der Waals surface area (Å²) in [4.78, 5) is 8.60. The predicted molar refractivity (Wildman–Crippen MR) is 95.5 cm³/mol. The van der Waals surface area contributed by atoms with Crippen molar-refractivity contribution >= 4 is 5.96 Å². The Bertz CT molecular complexity index is 562. The topological polar surface area (TPSA) is 40.1 Å². The van der Waals surface area contributed by atoms with Gasteiger partial charge in [0.2, 0.25) is 0 Å². The van der Waals surface area contributed by atoms with Gasteiger partial charge in [0.15, 0.2) is 5.96 Å². The summed E-state index contributed by atoms with van der Waals surface area (Å²) in [6.07, 6.45) is 1.12. The molecule has 5 nitrogen and oxygen atoms in total. The maximum Gasteiger partial charge on any atom is 0.193 e. The minimum Gasteiger partial charge on any atom is -0.384 e. The molecule has 1 aliphatic heterocycles. The van der Waals surface area contributed by atoms with Crippen molar-refractivity contribution in [2.24, 2.45) is 10.9 Å². The van der Waals surface area contributed by atoms with E-state index in [4.69, 9.17) is 4.74 Å². The van der Waals surface area contributed by atoms with Crippen molar-refractivity contribution in [3.05, 3.63) is 35.1 Å². The fourth-order valence-electron chi connectivity index (χ4n) is 3.11. The van der Waals surface area contributed by atoms with E-state index in [0.717, 1.165) is 43.2 Å². The summed E-state index contributed by atoms with van der Waals surface area (Å²) in [6.45, 7) is 3.98. The van der Waals surface area contributed by atoms with Crippen molar-refractivity contribution in [3.8, 4) is 0 Å². The van der Waals surface area contributed by atoms with Gasteiger partial charge in [0.1, 0.15) is 5.82 Å².